The Kier molecular flexibility index (Phi) is 5.38. The van der Waals surface area contributed by atoms with E-state index in [0.29, 0.717) is 23.8 Å². The summed E-state index contributed by atoms with van der Waals surface area (Å²) in [4.78, 5) is 23.5. The minimum absolute atomic E-state index is 0.158. The first-order valence-corrected chi connectivity index (χ1v) is 8.67. The molecule has 0 atom stereocenters. The molecule has 0 unspecified atom stereocenters. The Hall–Kier alpha value is -2.65. The molecule has 3 rings (SSSR count). The Labute approximate surface area is 155 Å². The zero-order valence-corrected chi connectivity index (χ0v) is 15.1. The van der Waals surface area contributed by atoms with Gasteiger partial charge in [-0.25, -0.2) is 0 Å². The molecule has 3 N–H and O–H groups in total. The molecule has 2 aromatic rings. The van der Waals surface area contributed by atoms with Crippen LogP contribution in [0.25, 0.3) is 0 Å². The fourth-order valence-electron chi connectivity index (χ4n) is 2.85. The number of nitrogens with two attached hydrogens (primary N) is 1. The summed E-state index contributed by atoms with van der Waals surface area (Å²) in [6.45, 7) is 5.96. The SMILES string of the molecule is CCN1CCN(c2nc(Nc3ccc(Cl)cc3)nc(N)c2[N+](=O)[O-])CC1. The Bertz CT molecular complexity index is 792. The van der Waals surface area contributed by atoms with Gasteiger partial charge in [-0.05, 0) is 30.8 Å². The van der Waals surface area contributed by atoms with E-state index in [1.54, 1.807) is 24.3 Å². The van der Waals surface area contributed by atoms with E-state index in [1.165, 1.54) is 0 Å². The molecule has 0 amide bonds. The number of nitrogen functional groups attached to an aromatic ring is 1. The van der Waals surface area contributed by atoms with Crippen LogP contribution in [0.3, 0.4) is 0 Å². The van der Waals surface area contributed by atoms with Crippen LogP contribution in [0, 0.1) is 10.1 Å². The standard InChI is InChI=1S/C16H20ClN7O2/c1-2-22-7-9-23(10-8-22)15-13(24(25)26)14(18)20-16(21-15)19-12-5-3-11(17)4-6-12/h3-6H,2,7-10H2,1H3,(H3,18,19,20,21). The average molecular weight is 378 g/mol. The lowest BCUT2D eigenvalue weighted by Crippen LogP contribution is -2.46. The first-order chi connectivity index (χ1) is 12.5. The number of piperazine rings is 1. The number of nitrogens with one attached hydrogen (secondary N) is 1. The molecule has 0 aliphatic carbocycles. The summed E-state index contributed by atoms with van der Waals surface area (Å²) in [6, 6.07) is 6.99. The van der Waals surface area contributed by atoms with Gasteiger partial charge in [0.15, 0.2) is 0 Å². The molecule has 1 saturated heterocycles. The molecule has 0 spiro atoms. The van der Waals surface area contributed by atoms with Gasteiger partial charge in [0.25, 0.3) is 0 Å². The topological polar surface area (TPSA) is 113 Å². The van der Waals surface area contributed by atoms with Gasteiger partial charge in [0.2, 0.25) is 17.6 Å². The quantitative estimate of drug-likeness (QED) is 0.603. The molecule has 138 valence electrons. The largest absolute Gasteiger partial charge is 0.378 e. The summed E-state index contributed by atoms with van der Waals surface area (Å²) in [7, 11) is 0. The third-order valence-corrected chi connectivity index (χ3v) is 4.55. The molecule has 2 heterocycles. The maximum absolute atomic E-state index is 11.5. The molecule has 1 aliphatic rings. The van der Waals surface area contributed by atoms with E-state index in [2.05, 4.69) is 27.1 Å². The van der Waals surface area contributed by atoms with Crippen LogP contribution in [-0.4, -0.2) is 52.5 Å². The molecular weight excluding hydrogens is 358 g/mol. The molecule has 1 aliphatic heterocycles. The summed E-state index contributed by atoms with van der Waals surface area (Å²) in [5, 5.41) is 15.1. The van der Waals surface area contributed by atoms with Crippen molar-refractivity contribution in [1.82, 2.24) is 14.9 Å². The zero-order chi connectivity index (χ0) is 18.7. The fourth-order valence-corrected chi connectivity index (χ4v) is 2.98. The summed E-state index contributed by atoms with van der Waals surface area (Å²) >= 11 is 5.88. The smallest absolute Gasteiger partial charge is 0.353 e. The summed E-state index contributed by atoms with van der Waals surface area (Å²) < 4.78 is 0. The monoisotopic (exact) mass is 377 g/mol. The minimum Gasteiger partial charge on any atom is -0.378 e. The number of halogens is 1. The Balaban J connectivity index is 1.92. The first-order valence-electron chi connectivity index (χ1n) is 8.29. The van der Waals surface area contributed by atoms with Gasteiger partial charge in [-0.1, -0.05) is 18.5 Å². The highest BCUT2D eigenvalue weighted by Crippen LogP contribution is 2.33. The van der Waals surface area contributed by atoms with Gasteiger partial charge in [-0.2, -0.15) is 9.97 Å². The van der Waals surface area contributed by atoms with Crippen molar-refractivity contribution in [2.24, 2.45) is 0 Å². The van der Waals surface area contributed by atoms with Crippen molar-refractivity contribution in [3.8, 4) is 0 Å². The van der Waals surface area contributed by atoms with Crippen LogP contribution in [0.2, 0.25) is 5.02 Å². The normalized spacial score (nSPS) is 15.1. The van der Waals surface area contributed by atoms with Crippen LogP contribution in [0.15, 0.2) is 24.3 Å². The van der Waals surface area contributed by atoms with Gasteiger partial charge in [0.1, 0.15) is 0 Å². The molecule has 1 aromatic carbocycles. The lowest BCUT2D eigenvalue weighted by molar-refractivity contribution is -0.383. The molecule has 0 saturated carbocycles. The van der Waals surface area contributed by atoms with E-state index < -0.39 is 4.92 Å². The highest BCUT2D eigenvalue weighted by molar-refractivity contribution is 6.30. The Morgan fingerprint density at radius 2 is 1.88 bits per heavy atom. The maximum atomic E-state index is 11.5. The minimum atomic E-state index is -0.525. The zero-order valence-electron chi connectivity index (χ0n) is 14.4. The lowest BCUT2D eigenvalue weighted by Gasteiger charge is -2.34. The number of anilines is 4. The van der Waals surface area contributed by atoms with E-state index in [4.69, 9.17) is 17.3 Å². The van der Waals surface area contributed by atoms with Crippen molar-refractivity contribution >= 4 is 40.6 Å². The van der Waals surface area contributed by atoms with Crippen LogP contribution in [0.4, 0.5) is 29.0 Å². The van der Waals surface area contributed by atoms with Gasteiger partial charge in [0.05, 0.1) is 4.92 Å². The molecular formula is C16H20ClN7O2. The Morgan fingerprint density at radius 3 is 2.46 bits per heavy atom. The van der Waals surface area contributed by atoms with Crippen LogP contribution in [0.5, 0.6) is 0 Å². The second-order valence-corrected chi connectivity index (χ2v) is 6.35. The second-order valence-electron chi connectivity index (χ2n) is 5.91. The van der Waals surface area contributed by atoms with Crippen molar-refractivity contribution in [3.63, 3.8) is 0 Å². The molecule has 1 aromatic heterocycles. The number of hydrogen-bond donors (Lipinski definition) is 2. The second kappa shape index (κ2) is 7.71. The van der Waals surface area contributed by atoms with Crippen molar-refractivity contribution in [3.05, 3.63) is 39.4 Å². The number of likely N-dealkylation sites (N-methyl/N-ethyl adjacent to an activating group) is 1. The predicted molar refractivity (Wildman–Crippen MR) is 102 cm³/mol. The van der Waals surface area contributed by atoms with E-state index in [0.717, 1.165) is 19.6 Å². The highest BCUT2D eigenvalue weighted by atomic mass is 35.5. The van der Waals surface area contributed by atoms with Gasteiger partial charge in [-0.3, -0.25) is 10.1 Å². The van der Waals surface area contributed by atoms with Crippen molar-refractivity contribution in [1.29, 1.82) is 0 Å². The van der Waals surface area contributed by atoms with Gasteiger partial charge in [-0.15, -0.1) is 0 Å². The highest BCUT2D eigenvalue weighted by Gasteiger charge is 2.29. The van der Waals surface area contributed by atoms with Crippen molar-refractivity contribution in [2.45, 2.75) is 6.92 Å². The van der Waals surface area contributed by atoms with Gasteiger partial charge in [0, 0.05) is 36.9 Å². The molecule has 26 heavy (non-hydrogen) atoms. The lowest BCUT2D eigenvalue weighted by atomic mass is 10.3. The van der Waals surface area contributed by atoms with Gasteiger partial charge < -0.3 is 20.9 Å². The van der Waals surface area contributed by atoms with Gasteiger partial charge >= 0.3 is 5.69 Å². The van der Waals surface area contributed by atoms with E-state index in [9.17, 15) is 10.1 Å². The number of hydrogen-bond acceptors (Lipinski definition) is 8. The van der Waals surface area contributed by atoms with E-state index in [-0.39, 0.29) is 23.3 Å². The predicted octanol–water partition coefficient (Wildman–Crippen LogP) is 2.51. The van der Waals surface area contributed by atoms with Crippen LogP contribution in [0.1, 0.15) is 6.92 Å². The van der Waals surface area contributed by atoms with Crippen molar-refractivity contribution in [2.75, 3.05) is 48.7 Å². The molecule has 9 nitrogen and oxygen atoms in total. The van der Waals surface area contributed by atoms with Crippen LogP contribution >= 0.6 is 11.6 Å². The number of rotatable bonds is 5. The number of nitrogens with zero attached hydrogens (tertiary/aromatic N) is 5. The average Bonchev–Trinajstić information content (AvgIpc) is 2.63. The maximum Gasteiger partial charge on any atom is 0.353 e. The van der Waals surface area contributed by atoms with Crippen molar-refractivity contribution < 1.29 is 4.92 Å². The van der Waals surface area contributed by atoms with E-state index in [1.807, 2.05) is 4.90 Å². The number of benzene rings is 1. The third-order valence-electron chi connectivity index (χ3n) is 4.29. The van der Waals surface area contributed by atoms with Crippen LogP contribution < -0.4 is 16.0 Å². The van der Waals surface area contributed by atoms with Crippen LogP contribution in [-0.2, 0) is 0 Å². The Morgan fingerprint density at radius 1 is 1.23 bits per heavy atom. The third kappa shape index (κ3) is 3.94. The summed E-state index contributed by atoms with van der Waals surface area (Å²) in [5.74, 6) is 0.299. The number of nitro groups is 1. The molecule has 1 fully saturated rings. The van der Waals surface area contributed by atoms with E-state index >= 15 is 0 Å². The summed E-state index contributed by atoms with van der Waals surface area (Å²) in [6.07, 6.45) is 0. The molecule has 0 radical (unpaired) electrons. The number of aromatic nitrogens is 2. The molecule has 10 heteroatoms. The molecule has 0 bridgehead atoms. The summed E-state index contributed by atoms with van der Waals surface area (Å²) in [5.41, 5.74) is 6.33. The first kappa shape index (κ1) is 18.2. The fraction of sp³-hybridized carbons (Fsp3) is 0.375.